The van der Waals surface area contributed by atoms with Crippen molar-refractivity contribution < 1.29 is 4.42 Å². The number of nitrogens with zero attached hydrogens (tertiary/aromatic N) is 2. The van der Waals surface area contributed by atoms with Gasteiger partial charge in [-0.1, -0.05) is 170 Å². The van der Waals surface area contributed by atoms with Crippen molar-refractivity contribution in [2.45, 2.75) is 0 Å². The first kappa shape index (κ1) is 32.8. The van der Waals surface area contributed by atoms with Crippen LogP contribution in [-0.2, 0) is 0 Å². The maximum atomic E-state index is 6.47. The minimum absolute atomic E-state index is 0.902. The van der Waals surface area contributed by atoms with E-state index in [2.05, 4.69) is 216 Å². The van der Waals surface area contributed by atoms with Crippen LogP contribution in [0.25, 0.3) is 82.8 Å². The molecule has 11 aromatic rings. The summed E-state index contributed by atoms with van der Waals surface area (Å²) in [5, 5.41) is 4.65. The van der Waals surface area contributed by atoms with Gasteiger partial charge in [-0.05, 0) is 65.2 Å². The van der Waals surface area contributed by atoms with E-state index in [9.17, 15) is 0 Å². The van der Waals surface area contributed by atoms with E-state index in [1.807, 2.05) is 12.1 Å². The molecule has 0 aliphatic heterocycles. The van der Waals surface area contributed by atoms with Crippen LogP contribution < -0.4 is 4.90 Å². The molecule has 0 fully saturated rings. The van der Waals surface area contributed by atoms with Gasteiger partial charge in [-0.15, -0.1) is 0 Å². The molecule has 0 N–H and O–H groups in total. The number of furan rings is 1. The largest absolute Gasteiger partial charge is 0.455 e. The van der Waals surface area contributed by atoms with Crippen LogP contribution in [0, 0.1) is 0 Å². The van der Waals surface area contributed by atoms with E-state index in [4.69, 9.17) is 4.42 Å². The molecule has 0 aliphatic rings. The van der Waals surface area contributed by atoms with Gasteiger partial charge in [0.15, 0.2) is 0 Å². The molecule has 0 saturated carbocycles. The lowest BCUT2D eigenvalue weighted by Crippen LogP contribution is -2.11. The summed E-state index contributed by atoms with van der Waals surface area (Å²) in [4.78, 5) is 2.44. The molecule has 3 nitrogen and oxygen atoms in total. The third-order valence-electron chi connectivity index (χ3n) is 11.2. The first-order valence-corrected chi connectivity index (χ1v) is 19.4. The number of fused-ring (bicyclic) bond motifs is 6. The molecule has 0 unspecified atom stereocenters. The quantitative estimate of drug-likeness (QED) is 0.163. The minimum atomic E-state index is 0.902. The second kappa shape index (κ2) is 13.6. The summed E-state index contributed by atoms with van der Waals surface area (Å²) in [7, 11) is 0. The Morgan fingerprint density at radius 2 is 0.895 bits per heavy atom. The Balaban J connectivity index is 1.15. The van der Waals surface area contributed by atoms with Gasteiger partial charge in [0.2, 0.25) is 0 Å². The highest BCUT2D eigenvalue weighted by atomic mass is 16.3. The summed E-state index contributed by atoms with van der Waals surface area (Å²) in [5.74, 6) is 0. The fourth-order valence-electron chi connectivity index (χ4n) is 8.68. The van der Waals surface area contributed by atoms with Crippen molar-refractivity contribution >= 4 is 60.8 Å². The molecular weight excluding hydrogens is 693 g/mol. The van der Waals surface area contributed by atoms with Crippen molar-refractivity contribution in [3.05, 3.63) is 218 Å². The van der Waals surface area contributed by atoms with Crippen LogP contribution in [-0.4, -0.2) is 4.57 Å². The number of aromatic nitrogens is 1. The lowest BCUT2D eigenvalue weighted by Gasteiger charge is -2.29. The lowest BCUT2D eigenvalue weighted by molar-refractivity contribution is 0.670. The van der Waals surface area contributed by atoms with Crippen LogP contribution in [0.2, 0.25) is 0 Å². The number of para-hydroxylation sites is 5. The Hall–Kier alpha value is -7.62. The first-order valence-electron chi connectivity index (χ1n) is 19.4. The zero-order chi connectivity index (χ0) is 37.7. The number of rotatable bonds is 7. The van der Waals surface area contributed by atoms with Crippen molar-refractivity contribution in [2.24, 2.45) is 0 Å². The number of hydrogen-bond donors (Lipinski definition) is 0. The van der Waals surface area contributed by atoms with Crippen LogP contribution in [0.3, 0.4) is 0 Å². The van der Waals surface area contributed by atoms with Gasteiger partial charge in [0.25, 0.3) is 0 Å². The predicted molar refractivity (Wildman–Crippen MR) is 239 cm³/mol. The van der Waals surface area contributed by atoms with E-state index >= 15 is 0 Å². The number of benzene rings is 9. The van der Waals surface area contributed by atoms with Gasteiger partial charge in [0, 0.05) is 43.9 Å². The smallest absolute Gasteiger partial charge is 0.143 e. The topological polar surface area (TPSA) is 21.3 Å². The van der Waals surface area contributed by atoms with Crippen LogP contribution in [0.4, 0.5) is 17.1 Å². The highest BCUT2D eigenvalue weighted by Crippen LogP contribution is 2.47. The van der Waals surface area contributed by atoms with E-state index in [0.29, 0.717) is 0 Å². The molecule has 2 heterocycles. The summed E-state index contributed by atoms with van der Waals surface area (Å²) in [6, 6.07) is 78.1. The standard InChI is InChI=1S/C54H36N2O/c1-3-17-37(18-4-1)41-21-7-11-27-47(41)55(40-35-33-39(34-36-40)43-25-15-26-45-44-23-10-14-32-52(44)57-54(43)45)50-30-16-31-51-53(50)46-24-9-13-29-49(46)56(51)48-28-12-8-22-42(48)38-19-5-2-6-20-38/h1-36H. The Morgan fingerprint density at radius 1 is 0.351 bits per heavy atom. The van der Waals surface area contributed by atoms with E-state index in [1.165, 1.54) is 21.9 Å². The minimum Gasteiger partial charge on any atom is -0.455 e. The Labute approximate surface area is 330 Å². The summed E-state index contributed by atoms with van der Waals surface area (Å²) in [6.45, 7) is 0. The molecule has 3 heteroatoms. The molecule has 0 bridgehead atoms. The first-order chi connectivity index (χ1) is 28.3. The number of hydrogen-bond acceptors (Lipinski definition) is 2. The van der Waals surface area contributed by atoms with Crippen molar-refractivity contribution in [3.63, 3.8) is 0 Å². The fraction of sp³-hybridized carbons (Fsp3) is 0. The molecular formula is C54H36N2O. The highest BCUT2D eigenvalue weighted by molar-refractivity contribution is 6.17. The SMILES string of the molecule is c1ccc(-c2ccccc2N(c2ccc(-c3cccc4c3oc3ccccc34)cc2)c2cccc3c2c2ccccc2n3-c2ccccc2-c2ccccc2)cc1. The van der Waals surface area contributed by atoms with Gasteiger partial charge in [0.1, 0.15) is 11.2 Å². The molecule has 0 aliphatic carbocycles. The molecule has 0 radical (unpaired) electrons. The summed E-state index contributed by atoms with van der Waals surface area (Å²) >= 11 is 0. The second-order valence-electron chi connectivity index (χ2n) is 14.5. The monoisotopic (exact) mass is 728 g/mol. The molecule has 0 amide bonds. The average Bonchev–Trinajstić information content (AvgIpc) is 3.84. The predicted octanol–water partition coefficient (Wildman–Crippen LogP) is 15.2. The molecule has 57 heavy (non-hydrogen) atoms. The normalized spacial score (nSPS) is 11.5. The van der Waals surface area contributed by atoms with Crippen LogP contribution in [0.1, 0.15) is 0 Å². The van der Waals surface area contributed by atoms with Gasteiger partial charge in [-0.3, -0.25) is 0 Å². The van der Waals surface area contributed by atoms with Crippen molar-refractivity contribution in [1.82, 2.24) is 4.57 Å². The molecule has 11 rings (SSSR count). The van der Waals surface area contributed by atoms with Crippen LogP contribution >= 0.6 is 0 Å². The molecule has 2 aromatic heterocycles. The van der Waals surface area contributed by atoms with Gasteiger partial charge in [-0.2, -0.15) is 0 Å². The Kier molecular flexibility index (Phi) is 7.82. The zero-order valence-electron chi connectivity index (χ0n) is 31.1. The molecule has 9 aromatic carbocycles. The van der Waals surface area contributed by atoms with Gasteiger partial charge in [0.05, 0.1) is 28.1 Å². The van der Waals surface area contributed by atoms with E-state index in [-0.39, 0.29) is 0 Å². The van der Waals surface area contributed by atoms with Gasteiger partial charge < -0.3 is 13.9 Å². The van der Waals surface area contributed by atoms with E-state index < -0.39 is 0 Å². The zero-order valence-corrected chi connectivity index (χ0v) is 31.1. The van der Waals surface area contributed by atoms with Crippen LogP contribution in [0.5, 0.6) is 0 Å². The van der Waals surface area contributed by atoms with Gasteiger partial charge >= 0.3 is 0 Å². The summed E-state index contributed by atoms with van der Waals surface area (Å²) in [5.41, 5.74) is 15.4. The second-order valence-corrected chi connectivity index (χ2v) is 14.5. The van der Waals surface area contributed by atoms with Crippen molar-refractivity contribution in [1.29, 1.82) is 0 Å². The fourth-order valence-corrected chi connectivity index (χ4v) is 8.68. The van der Waals surface area contributed by atoms with Crippen LogP contribution in [0.15, 0.2) is 223 Å². The molecule has 0 atom stereocenters. The third-order valence-corrected chi connectivity index (χ3v) is 11.2. The average molecular weight is 729 g/mol. The third kappa shape index (κ3) is 5.43. The van der Waals surface area contributed by atoms with Gasteiger partial charge in [-0.25, -0.2) is 0 Å². The lowest BCUT2D eigenvalue weighted by atomic mass is 9.99. The summed E-state index contributed by atoms with van der Waals surface area (Å²) < 4.78 is 8.91. The van der Waals surface area contributed by atoms with Crippen molar-refractivity contribution in [3.8, 4) is 39.1 Å². The van der Waals surface area contributed by atoms with Crippen molar-refractivity contribution in [2.75, 3.05) is 4.90 Å². The highest BCUT2D eigenvalue weighted by Gasteiger charge is 2.24. The maximum Gasteiger partial charge on any atom is 0.143 e. The maximum absolute atomic E-state index is 6.47. The summed E-state index contributed by atoms with van der Waals surface area (Å²) in [6.07, 6.45) is 0. The Morgan fingerprint density at radius 3 is 1.70 bits per heavy atom. The Bertz CT molecular complexity index is 3230. The molecule has 0 spiro atoms. The van der Waals surface area contributed by atoms with E-state index in [0.717, 1.165) is 78.0 Å². The number of anilines is 3. The van der Waals surface area contributed by atoms with E-state index in [1.54, 1.807) is 0 Å². The molecule has 0 saturated heterocycles. The molecule has 268 valence electrons.